The molecule has 0 radical (unpaired) electrons. The lowest BCUT2D eigenvalue weighted by atomic mass is 10.2. The fourth-order valence-electron chi connectivity index (χ4n) is 2.21. The monoisotopic (exact) mass is 474 g/mol. The predicted molar refractivity (Wildman–Crippen MR) is 112 cm³/mol. The van der Waals surface area contributed by atoms with Gasteiger partial charge >= 0.3 is 6.03 Å². The molecule has 0 spiro atoms. The third-order valence-electron chi connectivity index (χ3n) is 3.43. The number of rotatable bonds is 3. The molecule has 0 fully saturated rings. The minimum atomic E-state index is -0.652. The Kier molecular flexibility index (Phi) is 6.18. The smallest absolute Gasteiger partial charge is 0.305 e. The fourth-order valence-corrected chi connectivity index (χ4v) is 3.36. The number of carbonyl (C=O) groups excluding carboxylic acids is 1. The van der Waals surface area contributed by atoms with E-state index in [0.29, 0.717) is 10.7 Å². The number of para-hydroxylation sites is 1. The van der Waals surface area contributed by atoms with Gasteiger partial charge in [0.05, 0.1) is 41.7 Å². The first kappa shape index (κ1) is 20.5. The van der Waals surface area contributed by atoms with Crippen LogP contribution in [0.15, 0.2) is 24.3 Å². The summed E-state index contributed by atoms with van der Waals surface area (Å²) in [5.74, 6) is -0.221. The summed E-state index contributed by atoms with van der Waals surface area (Å²) in [6.45, 7) is 0. The zero-order chi connectivity index (χ0) is 20.4. The van der Waals surface area contributed by atoms with Gasteiger partial charge < -0.3 is 5.32 Å². The van der Waals surface area contributed by atoms with E-state index < -0.39 is 6.03 Å². The van der Waals surface area contributed by atoms with E-state index in [-0.39, 0.29) is 42.6 Å². The van der Waals surface area contributed by atoms with E-state index in [2.05, 4.69) is 26.1 Å². The number of aromatic nitrogens is 2. The summed E-state index contributed by atoms with van der Waals surface area (Å²) in [4.78, 5) is 20.1. The third-order valence-corrected chi connectivity index (χ3v) is 5.55. The highest BCUT2D eigenvalue weighted by molar-refractivity contribution is 6.55. The van der Waals surface area contributed by atoms with Crippen molar-refractivity contribution in [3.05, 3.63) is 55.2 Å². The van der Waals surface area contributed by atoms with Crippen LogP contribution in [0.4, 0.5) is 16.3 Å². The van der Waals surface area contributed by atoms with Crippen molar-refractivity contribution in [2.24, 2.45) is 0 Å². The van der Waals surface area contributed by atoms with E-state index in [1.165, 1.54) is 0 Å². The zero-order valence-electron chi connectivity index (χ0n) is 13.4. The number of halogens is 5. The van der Waals surface area contributed by atoms with Gasteiger partial charge in [-0.05, 0) is 12.1 Å². The van der Waals surface area contributed by atoms with E-state index in [4.69, 9.17) is 63.3 Å². The first-order chi connectivity index (χ1) is 13.3. The molecule has 12 heteroatoms. The first-order valence-electron chi connectivity index (χ1n) is 7.34. The molecule has 0 bridgehead atoms. The molecule has 142 valence electrons. The Morgan fingerprint density at radius 2 is 1.64 bits per heavy atom. The molecule has 3 rings (SSSR count). The maximum Gasteiger partial charge on any atom is 0.337 e. The number of carbonyl (C=O) groups is 1. The summed E-state index contributed by atoms with van der Waals surface area (Å²) in [6, 6.07) is 7.81. The van der Waals surface area contributed by atoms with Crippen molar-refractivity contribution in [3.8, 4) is 6.07 Å². The molecule has 0 aliphatic rings. The number of anilines is 2. The van der Waals surface area contributed by atoms with Crippen molar-refractivity contribution in [3.63, 3.8) is 0 Å². The van der Waals surface area contributed by atoms with Gasteiger partial charge in [-0.25, -0.2) is 9.78 Å². The topological polar surface area (TPSA) is 103 Å². The summed E-state index contributed by atoms with van der Waals surface area (Å²) in [7, 11) is 0. The molecule has 2 aromatic carbocycles. The predicted octanol–water partition coefficient (Wildman–Crippen LogP) is 5.92. The van der Waals surface area contributed by atoms with Crippen LogP contribution in [-0.2, 0) is 0 Å². The molecule has 7 nitrogen and oxygen atoms in total. The maximum atomic E-state index is 12.1. The van der Waals surface area contributed by atoms with E-state index in [0.717, 1.165) is 0 Å². The number of fused-ring (bicyclic) bond motifs is 1. The van der Waals surface area contributed by atoms with E-state index >= 15 is 0 Å². The summed E-state index contributed by atoms with van der Waals surface area (Å²) in [5, 5.41) is 12.2. The van der Waals surface area contributed by atoms with Gasteiger partial charge in [0, 0.05) is 0 Å². The molecule has 1 heterocycles. The molecule has 3 aromatic rings. The van der Waals surface area contributed by atoms with Gasteiger partial charge in [-0.1, -0.05) is 70.1 Å². The van der Waals surface area contributed by atoms with E-state index in [9.17, 15) is 4.79 Å². The number of hydrogen-bond acceptors (Lipinski definition) is 5. The molecule has 0 aliphatic carbocycles. The number of nitrogens with zero attached hydrogens (tertiary/aromatic N) is 3. The molecular weight excluding hydrogens is 469 g/mol. The first-order valence-corrected chi connectivity index (χ1v) is 9.23. The second-order valence-electron chi connectivity index (χ2n) is 5.17. The molecule has 1 aromatic heterocycles. The summed E-state index contributed by atoms with van der Waals surface area (Å²) < 4.78 is 0. The van der Waals surface area contributed by atoms with Crippen molar-refractivity contribution in [2.45, 2.75) is 0 Å². The minimum Gasteiger partial charge on any atom is -0.305 e. The van der Waals surface area contributed by atoms with Gasteiger partial charge in [0.25, 0.3) is 0 Å². The van der Waals surface area contributed by atoms with E-state index in [1.807, 2.05) is 0 Å². The Balaban J connectivity index is 1.95. The molecule has 0 atom stereocenters. The molecule has 28 heavy (non-hydrogen) atoms. The summed E-state index contributed by atoms with van der Waals surface area (Å²) in [5.41, 5.74) is 5.42. The van der Waals surface area contributed by atoms with Crippen molar-refractivity contribution >= 4 is 86.4 Å². The Morgan fingerprint density at radius 3 is 2.32 bits per heavy atom. The van der Waals surface area contributed by atoms with Crippen LogP contribution in [0.1, 0.15) is 5.82 Å². The van der Waals surface area contributed by atoms with Gasteiger partial charge in [0.2, 0.25) is 5.82 Å². The standard InChI is InChI=1S/C16H7Cl5N6O/c17-6-3-1-2-4-7(6)23-16(28)27-26-15-9-10(18)11(19)12(20)13(21)14(9)24-8(5-22)25-15/h1-4H,(H2,23,27,28)(H,24,25,26). The second-order valence-corrected chi connectivity index (χ2v) is 7.09. The lowest BCUT2D eigenvalue weighted by molar-refractivity contribution is 0.254. The lowest BCUT2D eigenvalue weighted by Crippen LogP contribution is -2.34. The van der Waals surface area contributed by atoms with Gasteiger partial charge in [0.15, 0.2) is 5.82 Å². The summed E-state index contributed by atoms with van der Waals surface area (Å²) >= 11 is 30.5. The van der Waals surface area contributed by atoms with E-state index in [1.54, 1.807) is 30.3 Å². The maximum absolute atomic E-state index is 12.1. The Hall–Kier alpha value is -2.21. The van der Waals surface area contributed by atoms with Crippen molar-refractivity contribution in [1.82, 2.24) is 15.4 Å². The van der Waals surface area contributed by atoms with Crippen LogP contribution in [0, 0.1) is 11.3 Å². The number of urea groups is 1. The van der Waals surface area contributed by atoms with Crippen molar-refractivity contribution in [1.29, 1.82) is 5.26 Å². The lowest BCUT2D eigenvalue weighted by Gasteiger charge is -2.14. The van der Waals surface area contributed by atoms with Gasteiger partial charge in [-0.15, -0.1) is 0 Å². The molecule has 3 N–H and O–H groups in total. The van der Waals surface area contributed by atoms with Crippen LogP contribution in [-0.4, -0.2) is 16.0 Å². The largest absolute Gasteiger partial charge is 0.337 e. The molecule has 0 aliphatic heterocycles. The summed E-state index contributed by atoms with van der Waals surface area (Å²) in [6.07, 6.45) is 0. The Bertz CT molecular complexity index is 1150. The number of nitrogens with one attached hydrogen (secondary N) is 3. The number of nitriles is 1. The number of amides is 2. The van der Waals surface area contributed by atoms with Crippen LogP contribution in [0.5, 0.6) is 0 Å². The van der Waals surface area contributed by atoms with Crippen LogP contribution < -0.4 is 16.2 Å². The Morgan fingerprint density at radius 1 is 0.964 bits per heavy atom. The molecule has 2 amide bonds. The molecule has 0 saturated heterocycles. The average molecular weight is 477 g/mol. The van der Waals surface area contributed by atoms with Crippen LogP contribution in [0.2, 0.25) is 25.1 Å². The van der Waals surface area contributed by atoms with Gasteiger partial charge in [-0.3, -0.25) is 10.9 Å². The average Bonchev–Trinajstić information content (AvgIpc) is 2.70. The number of hydrogen-bond donors (Lipinski definition) is 3. The highest BCUT2D eigenvalue weighted by Gasteiger charge is 2.21. The highest BCUT2D eigenvalue weighted by atomic mass is 35.5. The number of hydrazine groups is 1. The minimum absolute atomic E-state index is 0.00123. The van der Waals surface area contributed by atoms with Crippen molar-refractivity contribution < 1.29 is 4.79 Å². The zero-order valence-corrected chi connectivity index (χ0v) is 17.2. The second kappa shape index (κ2) is 8.43. The quantitative estimate of drug-likeness (QED) is 0.247. The van der Waals surface area contributed by atoms with Gasteiger partial charge in [-0.2, -0.15) is 10.2 Å². The fraction of sp³-hybridized carbons (Fsp3) is 0. The van der Waals surface area contributed by atoms with Crippen molar-refractivity contribution in [2.75, 3.05) is 10.7 Å². The SMILES string of the molecule is N#Cc1nc(NNC(=O)Nc2ccccc2Cl)c2c(Cl)c(Cl)c(Cl)c(Cl)c2n1. The van der Waals surface area contributed by atoms with Crippen LogP contribution >= 0.6 is 58.0 Å². The van der Waals surface area contributed by atoms with Crippen LogP contribution in [0.25, 0.3) is 10.9 Å². The number of benzene rings is 2. The molecule has 0 unspecified atom stereocenters. The van der Waals surface area contributed by atoms with Crippen LogP contribution in [0.3, 0.4) is 0 Å². The Labute approximate surface area is 183 Å². The van der Waals surface area contributed by atoms with Gasteiger partial charge in [0.1, 0.15) is 6.07 Å². The molecule has 0 saturated carbocycles. The third kappa shape index (κ3) is 3.97. The normalized spacial score (nSPS) is 10.4. The molecular formula is C16H7Cl5N6O. The highest BCUT2D eigenvalue weighted by Crippen LogP contribution is 2.44.